The molecule has 1 aromatic heterocycles. The fraction of sp³-hybridized carbons (Fsp3) is 0.824. The zero-order chi connectivity index (χ0) is 15.6. The number of ether oxygens (including phenoxy) is 1. The van der Waals surface area contributed by atoms with Crippen molar-refractivity contribution >= 4 is 11.3 Å². The number of hydrogen-bond donors (Lipinski definition) is 1. The molecule has 0 saturated carbocycles. The van der Waals surface area contributed by atoms with Gasteiger partial charge in [0.2, 0.25) is 0 Å². The van der Waals surface area contributed by atoms with Crippen LogP contribution in [0.3, 0.4) is 0 Å². The second-order valence-corrected chi connectivity index (χ2v) is 8.08. The predicted octanol–water partition coefficient (Wildman–Crippen LogP) is 4.29. The minimum Gasteiger partial charge on any atom is -0.378 e. The molecule has 1 aliphatic heterocycles. The maximum Gasteiger partial charge on any atom is 0.113 e. The summed E-state index contributed by atoms with van der Waals surface area (Å²) in [4.78, 5) is 4.95. The summed E-state index contributed by atoms with van der Waals surface area (Å²) in [6.07, 6.45) is 2.35. The van der Waals surface area contributed by atoms with E-state index in [4.69, 9.17) is 9.72 Å². The maximum absolute atomic E-state index is 5.99. The van der Waals surface area contributed by atoms with Gasteiger partial charge in [0.05, 0.1) is 17.3 Å². The molecular weight excluding hydrogens is 280 g/mol. The zero-order valence-corrected chi connectivity index (χ0v) is 15.1. The summed E-state index contributed by atoms with van der Waals surface area (Å²) in [5, 5.41) is 7.29. The molecule has 0 spiro atoms. The molecule has 3 nitrogen and oxygen atoms in total. The highest BCUT2D eigenvalue weighted by molar-refractivity contribution is 7.09. The van der Waals surface area contributed by atoms with Crippen molar-refractivity contribution in [1.82, 2.24) is 10.3 Å². The molecule has 2 atom stereocenters. The molecule has 2 rings (SSSR count). The van der Waals surface area contributed by atoms with E-state index in [0.29, 0.717) is 24.0 Å². The second kappa shape index (κ2) is 6.76. The SMILES string of the molecule is CC(C)NC1(c2nc(C(C)C)cs2)CCOC(C(C)C)C1. The lowest BCUT2D eigenvalue weighted by Crippen LogP contribution is -2.52. The minimum absolute atomic E-state index is 0.0147. The number of nitrogens with one attached hydrogen (secondary N) is 1. The first-order chi connectivity index (χ1) is 9.84. The van der Waals surface area contributed by atoms with Crippen LogP contribution in [-0.2, 0) is 10.3 Å². The largest absolute Gasteiger partial charge is 0.378 e. The fourth-order valence-corrected chi connectivity index (χ4v) is 4.21. The first-order valence-corrected chi connectivity index (χ1v) is 9.07. The van der Waals surface area contributed by atoms with Gasteiger partial charge in [-0.2, -0.15) is 0 Å². The summed E-state index contributed by atoms with van der Waals surface area (Å²) < 4.78 is 5.99. The monoisotopic (exact) mass is 310 g/mol. The lowest BCUT2D eigenvalue weighted by molar-refractivity contribution is -0.0554. The fourth-order valence-electron chi connectivity index (χ4n) is 3.03. The average molecular weight is 311 g/mol. The summed E-state index contributed by atoms with van der Waals surface area (Å²) >= 11 is 1.81. The molecule has 1 saturated heterocycles. The predicted molar refractivity (Wildman–Crippen MR) is 90.0 cm³/mol. The van der Waals surface area contributed by atoms with Crippen molar-refractivity contribution < 1.29 is 4.74 Å². The standard InChI is InChI=1S/C17H30N2OS/c1-11(2)14-10-21-16(18-14)17(19-13(5)6)7-8-20-15(9-17)12(3)4/h10-13,15,19H,7-9H2,1-6H3. The molecule has 0 aliphatic carbocycles. The quantitative estimate of drug-likeness (QED) is 0.880. The average Bonchev–Trinajstić information content (AvgIpc) is 2.88. The molecule has 1 aliphatic rings. The summed E-state index contributed by atoms with van der Waals surface area (Å²) in [6, 6.07) is 0.447. The van der Waals surface area contributed by atoms with E-state index in [-0.39, 0.29) is 5.54 Å². The van der Waals surface area contributed by atoms with Gasteiger partial charge in [0.25, 0.3) is 0 Å². The molecule has 0 bridgehead atoms. The van der Waals surface area contributed by atoms with Crippen LogP contribution in [0.2, 0.25) is 0 Å². The highest BCUT2D eigenvalue weighted by Crippen LogP contribution is 2.39. The summed E-state index contributed by atoms with van der Waals surface area (Å²) in [6.45, 7) is 14.2. The Bertz CT molecular complexity index is 455. The van der Waals surface area contributed by atoms with Crippen molar-refractivity contribution in [2.75, 3.05) is 6.61 Å². The molecule has 1 aromatic rings. The van der Waals surface area contributed by atoms with E-state index in [1.54, 1.807) is 0 Å². The molecule has 2 unspecified atom stereocenters. The molecule has 21 heavy (non-hydrogen) atoms. The molecule has 2 heterocycles. The summed E-state index contributed by atoms with van der Waals surface area (Å²) in [5.41, 5.74) is 1.20. The van der Waals surface area contributed by atoms with Gasteiger partial charge in [-0.25, -0.2) is 4.98 Å². The van der Waals surface area contributed by atoms with Gasteiger partial charge in [-0.05, 0) is 38.5 Å². The molecule has 0 aromatic carbocycles. The first kappa shape index (κ1) is 16.9. The van der Waals surface area contributed by atoms with Crippen LogP contribution in [0.5, 0.6) is 0 Å². The first-order valence-electron chi connectivity index (χ1n) is 8.19. The van der Waals surface area contributed by atoms with Crippen LogP contribution in [0.25, 0.3) is 0 Å². The highest BCUT2D eigenvalue weighted by atomic mass is 32.1. The van der Waals surface area contributed by atoms with Crippen molar-refractivity contribution in [3.8, 4) is 0 Å². The number of rotatable bonds is 5. The van der Waals surface area contributed by atoms with Crippen molar-refractivity contribution in [3.05, 3.63) is 16.1 Å². The van der Waals surface area contributed by atoms with E-state index < -0.39 is 0 Å². The lowest BCUT2D eigenvalue weighted by Gasteiger charge is -2.43. The van der Waals surface area contributed by atoms with Crippen LogP contribution in [0.1, 0.15) is 71.0 Å². The normalized spacial score (nSPS) is 27.0. The maximum atomic E-state index is 5.99. The Morgan fingerprint density at radius 1 is 1.29 bits per heavy atom. The van der Waals surface area contributed by atoms with Gasteiger partial charge < -0.3 is 10.1 Å². The van der Waals surface area contributed by atoms with Crippen molar-refractivity contribution in [2.24, 2.45) is 5.92 Å². The van der Waals surface area contributed by atoms with Gasteiger partial charge >= 0.3 is 0 Å². The third-order valence-electron chi connectivity index (χ3n) is 4.24. The molecule has 1 fully saturated rings. The summed E-state index contributed by atoms with van der Waals surface area (Å²) in [7, 11) is 0. The van der Waals surface area contributed by atoms with Crippen molar-refractivity contribution in [3.63, 3.8) is 0 Å². The van der Waals surface area contributed by atoms with E-state index in [2.05, 4.69) is 52.2 Å². The Hall–Kier alpha value is -0.450. The van der Waals surface area contributed by atoms with Crippen LogP contribution in [-0.4, -0.2) is 23.7 Å². The smallest absolute Gasteiger partial charge is 0.113 e. The van der Waals surface area contributed by atoms with Crippen LogP contribution < -0.4 is 5.32 Å². The molecule has 4 heteroatoms. The van der Waals surface area contributed by atoms with Gasteiger partial charge in [0, 0.05) is 18.0 Å². The third-order valence-corrected chi connectivity index (χ3v) is 5.31. The Morgan fingerprint density at radius 2 is 2.00 bits per heavy atom. The van der Waals surface area contributed by atoms with Gasteiger partial charge in [-0.1, -0.05) is 27.7 Å². The minimum atomic E-state index is -0.0147. The van der Waals surface area contributed by atoms with E-state index in [9.17, 15) is 0 Å². The van der Waals surface area contributed by atoms with E-state index in [1.165, 1.54) is 10.7 Å². The molecular formula is C17H30N2OS. The molecule has 1 N–H and O–H groups in total. The van der Waals surface area contributed by atoms with Gasteiger partial charge in [0.15, 0.2) is 0 Å². The van der Waals surface area contributed by atoms with Crippen LogP contribution in [0.4, 0.5) is 0 Å². The Labute approximate surface area is 133 Å². The number of aromatic nitrogens is 1. The van der Waals surface area contributed by atoms with Crippen LogP contribution in [0.15, 0.2) is 5.38 Å². The zero-order valence-electron chi connectivity index (χ0n) is 14.3. The summed E-state index contributed by atoms with van der Waals surface area (Å²) in [5.74, 6) is 1.04. The topological polar surface area (TPSA) is 34.2 Å². The van der Waals surface area contributed by atoms with Crippen LogP contribution in [0, 0.1) is 5.92 Å². The van der Waals surface area contributed by atoms with Crippen molar-refractivity contribution in [1.29, 1.82) is 0 Å². The Kier molecular flexibility index (Phi) is 5.44. The second-order valence-electron chi connectivity index (χ2n) is 7.22. The highest BCUT2D eigenvalue weighted by Gasteiger charge is 2.42. The Morgan fingerprint density at radius 3 is 2.52 bits per heavy atom. The van der Waals surface area contributed by atoms with Gasteiger partial charge in [0.1, 0.15) is 5.01 Å². The van der Waals surface area contributed by atoms with Gasteiger partial charge in [-0.15, -0.1) is 11.3 Å². The van der Waals surface area contributed by atoms with E-state index in [0.717, 1.165) is 19.4 Å². The number of thiazole rings is 1. The molecule has 120 valence electrons. The Balaban J connectivity index is 2.31. The number of hydrogen-bond acceptors (Lipinski definition) is 4. The van der Waals surface area contributed by atoms with Crippen molar-refractivity contribution in [2.45, 2.75) is 78.0 Å². The molecule has 0 amide bonds. The molecule has 0 radical (unpaired) electrons. The van der Waals surface area contributed by atoms with Crippen LogP contribution >= 0.6 is 11.3 Å². The number of nitrogens with zero attached hydrogens (tertiary/aromatic N) is 1. The van der Waals surface area contributed by atoms with E-state index >= 15 is 0 Å². The lowest BCUT2D eigenvalue weighted by atomic mass is 9.83. The van der Waals surface area contributed by atoms with Gasteiger partial charge in [-0.3, -0.25) is 0 Å². The van der Waals surface area contributed by atoms with E-state index in [1.807, 2.05) is 11.3 Å². The third kappa shape index (κ3) is 3.85.